The fraction of sp³-hybridized carbons (Fsp3) is 0.611. The van der Waals surface area contributed by atoms with Crippen molar-refractivity contribution >= 4 is 17.6 Å². The van der Waals surface area contributed by atoms with Crippen LogP contribution in [-0.2, 0) is 4.79 Å². The molecule has 3 amide bonds. The Labute approximate surface area is 143 Å². The van der Waals surface area contributed by atoms with Crippen LogP contribution < -0.4 is 10.2 Å². The zero-order chi connectivity index (χ0) is 17.3. The Balaban J connectivity index is 1.64. The summed E-state index contributed by atoms with van der Waals surface area (Å²) in [4.78, 5) is 32.8. The van der Waals surface area contributed by atoms with Gasteiger partial charge in [0.2, 0.25) is 5.91 Å². The molecule has 1 aliphatic carbocycles. The summed E-state index contributed by atoms with van der Waals surface area (Å²) in [6, 6.07) is 3.23. The Kier molecular flexibility index (Phi) is 4.47. The van der Waals surface area contributed by atoms with Crippen LogP contribution in [0, 0.1) is 5.41 Å². The van der Waals surface area contributed by atoms with Crippen molar-refractivity contribution < 1.29 is 9.59 Å². The average molecular weight is 330 g/mol. The largest absolute Gasteiger partial charge is 0.326 e. The molecule has 2 aliphatic rings. The Morgan fingerprint density at radius 1 is 1.50 bits per heavy atom. The summed E-state index contributed by atoms with van der Waals surface area (Å²) in [6.07, 6.45) is 7.23. The van der Waals surface area contributed by atoms with Gasteiger partial charge in [0.05, 0.1) is 11.9 Å². The van der Waals surface area contributed by atoms with E-state index in [2.05, 4.69) is 24.1 Å². The molecule has 1 N–H and O–H groups in total. The van der Waals surface area contributed by atoms with E-state index in [4.69, 9.17) is 0 Å². The van der Waals surface area contributed by atoms with E-state index in [1.807, 2.05) is 19.2 Å². The highest BCUT2D eigenvalue weighted by molar-refractivity contribution is 5.99. The van der Waals surface area contributed by atoms with Crippen molar-refractivity contribution in [2.45, 2.75) is 51.6 Å². The summed E-state index contributed by atoms with van der Waals surface area (Å²) < 4.78 is 0. The first-order valence-electron chi connectivity index (χ1n) is 8.67. The number of urea groups is 1. The highest BCUT2D eigenvalue weighted by atomic mass is 16.2. The molecular formula is C18H26N4O2. The summed E-state index contributed by atoms with van der Waals surface area (Å²) in [6.45, 7) is 4.95. The number of carbonyl (C=O) groups is 2. The summed E-state index contributed by atoms with van der Waals surface area (Å²) in [5.74, 6) is -0.0544. The normalized spacial score (nSPS) is 23.5. The lowest BCUT2D eigenvalue weighted by molar-refractivity contribution is -0.121. The second kappa shape index (κ2) is 6.42. The van der Waals surface area contributed by atoms with Crippen LogP contribution in [-0.4, -0.2) is 47.5 Å². The van der Waals surface area contributed by atoms with Gasteiger partial charge in [-0.3, -0.25) is 9.78 Å². The zero-order valence-corrected chi connectivity index (χ0v) is 14.7. The molecule has 1 aromatic rings. The van der Waals surface area contributed by atoms with E-state index in [1.165, 1.54) is 0 Å². The number of piperidine rings is 1. The second-order valence-electron chi connectivity index (χ2n) is 7.29. The van der Waals surface area contributed by atoms with Crippen LogP contribution in [0.2, 0.25) is 0 Å². The molecule has 1 aliphatic heterocycles. The van der Waals surface area contributed by atoms with Gasteiger partial charge in [-0.15, -0.1) is 0 Å². The number of nitrogens with one attached hydrogen (secondary N) is 1. The van der Waals surface area contributed by atoms with E-state index in [9.17, 15) is 9.59 Å². The molecule has 3 rings (SSSR count). The molecule has 6 heteroatoms. The molecule has 2 atom stereocenters. The van der Waals surface area contributed by atoms with Gasteiger partial charge in [0.1, 0.15) is 6.04 Å². The molecule has 0 unspecified atom stereocenters. The van der Waals surface area contributed by atoms with E-state index in [0.717, 1.165) is 24.9 Å². The molecule has 6 nitrogen and oxygen atoms in total. The van der Waals surface area contributed by atoms with Gasteiger partial charge in [0.15, 0.2) is 0 Å². The van der Waals surface area contributed by atoms with Crippen LogP contribution in [0.5, 0.6) is 0 Å². The molecule has 1 saturated carbocycles. The van der Waals surface area contributed by atoms with Crippen molar-refractivity contribution in [3.05, 3.63) is 24.5 Å². The fourth-order valence-electron chi connectivity index (χ4n) is 3.29. The molecule has 2 heterocycles. The van der Waals surface area contributed by atoms with Gasteiger partial charge in [-0.1, -0.05) is 6.92 Å². The third kappa shape index (κ3) is 3.23. The van der Waals surface area contributed by atoms with E-state index in [-0.39, 0.29) is 23.4 Å². The molecule has 0 bridgehead atoms. The third-order valence-electron chi connectivity index (χ3n) is 5.64. The van der Waals surface area contributed by atoms with Crippen molar-refractivity contribution in [3.63, 3.8) is 0 Å². The highest BCUT2D eigenvalue weighted by Crippen LogP contribution is 2.49. The summed E-state index contributed by atoms with van der Waals surface area (Å²) >= 11 is 0. The van der Waals surface area contributed by atoms with Crippen LogP contribution in [0.3, 0.4) is 0 Å². The van der Waals surface area contributed by atoms with Crippen molar-refractivity contribution in [2.24, 2.45) is 5.41 Å². The molecule has 2 fully saturated rings. The lowest BCUT2D eigenvalue weighted by Gasteiger charge is -2.35. The number of amides is 3. The number of hydrogen-bond donors (Lipinski definition) is 1. The first-order valence-corrected chi connectivity index (χ1v) is 8.67. The lowest BCUT2D eigenvalue weighted by Crippen LogP contribution is -2.56. The Hall–Kier alpha value is -2.11. The molecule has 0 aromatic carbocycles. The third-order valence-corrected chi connectivity index (χ3v) is 5.64. The quantitative estimate of drug-likeness (QED) is 0.922. The topological polar surface area (TPSA) is 65.5 Å². The average Bonchev–Trinajstić information content (AvgIpc) is 3.35. The van der Waals surface area contributed by atoms with Gasteiger partial charge >= 0.3 is 6.03 Å². The van der Waals surface area contributed by atoms with Crippen molar-refractivity contribution in [3.8, 4) is 0 Å². The molecule has 24 heavy (non-hydrogen) atoms. The summed E-state index contributed by atoms with van der Waals surface area (Å²) in [5.41, 5.74) is 1.01. The van der Waals surface area contributed by atoms with Crippen molar-refractivity contribution in [1.82, 2.24) is 15.2 Å². The van der Waals surface area contributed by atoms with Gasteiger partial charge in [0, 0.05) is 25.8 Å². The van der Waals surface area contributed by atoms with Crippen LogP contribution in [0.25, 0.3) is 0 Å². The fourth-order valence-corrected chi connectivity index (χ4v) is 3.29. The molecule has 1 saturated heterocycles. The minimum absolute atomic E-state index is 0.0544. The van der Waals surface area contributed by atoms with Crippen LogP contribution in [0.4, 0.5) is 10.5 Å². The van der Waals surface area contributed by atoms with Gasteiger partial charge in [0.25, 0.3) is 0 Å². The van der Waals surface area contributed by atoms with Crippen LogP contribution in [0.15, 0.2) is 24.5 Å². The summed E-state index contributed by atoms with van der Waals surface area (Å²) in [5, 5.41) is 2.92. The highest BCUT2D eigenvalue weighted by Gasteiger charge is 2.45. The zero-order valence-electron chi connectivity index (χ0n) is 14.7. The second-order valence-corrected chi connectivity index (χ2v) is 7.29. The molecule has 130 valence electrons. The van der Waals surface area contributed by atoms with Gasteiger partial charge in [-0.25, -0.2) is 4.79 Å². The number of hydrogen-bond acceptors (Lipinski definition) is 3. The van der Waals surface area contributed by atoms with E-state index in [1.54, 1.807) is 22.2 Å². The van der Waals surface area contributed by atoms with Crippen molar-refractivity contribution in [1.29, 1.82) is 0 Å². The minimum Gasteiger partial charge on any atom is -0.326 e. The Morgan fingerprint density at radius 2 is 2.25 bits per heavy atom. The lowest BCUT2D eigenvalue weighted by atomic mass is 10.00. The first kappa shape index (κ1) is 16.7. The molecule has 0 spiro atoms. The monoisotopic (exact) mass is 330 g/mol. The van der Waals surface area contributed by atoms with Gasteiger partial charge < -0.3 is 15.1 Å². The molecule has 1 aromatic heterocycles. The van der Waals surface area contributed by atoms with E-state index >= 15 is 0 Å². The predicted molar refractivity (Wildman–Crippen MR) is 92.7 cm³/mol. The van der Waals surface area contributed by atoms with Gasteiger partial charge in [-0.2, -0.15) is 0 Å². The number of carbonyl (C=O) groups excluding carboxylic acids is 2. The number of nitrogens with zero attached hydrogens (tertiary/aromatic N) is 3. The standard InChI is InChI=1S/C18H26N4O2/c1-13(18(2)8-9-18)21(3)17(24)20-15-7-5-11-22(16(15)23)14-6-4-10-19-12-14/h4,6,10,12-13,15H,5,7-9,11H2,1-3H3,(H,20,24)/t13-,15-/m1/s1. The Morgan fingerprint density at radius 3 is 2.88 bits per heavy atom. The van der Waals surface area contributed by atoms with Crippen LogP contribution >= 0.6 is 0 Å². The first-order chi connectivity index (χ1) is 11.4. The predicted octanol–water partition coefficient (Wildman–Crippen LogP) is 2.41. The minimum atomic E-state index is -0.465. The number of anilines is 1. The maximum atomic E-state index is 12.7. The van der Waals surface area contributed by atoms with Crippen LogP contribution in [0.1, 0.15) is 39.5 Å². The summed E-state index contributed by atoms with van der Waals surface area (Å²) in [7, 11) is 1.82. The van der Waals surface area contributed by atoms with Crippen molar-refractivity contribution in [2.75, 3.05) is 18.5 Å². The maximum absolute atomic E-state index is 12.7. The van der Waals surface area contributed by atoms with E-state index in [0.29, 0.717) is 13.0 Å². The Bertz CT molecular complexity index is 615. The smallest absolute Gasteiger partial charge is 0.318 e. The van der Waals surface area contributed by atoms with Gasteiger partial charge in [-0.05, 0) is 50.2 Å². The maximum Gasteiger partial charge on any atom is 0.318 e. The molecule has 0 radical (unpaired) electrons. The molecular weight excluding hydrogens is 304 g/mol. The SMILES string of the molecule is C[C@@H](N(C)C(=O)N[C@@H]1CCCN(c2cccnc2)C1=O)C1(C)CC1. The van der Waals surface area contributed by atoms with E-state index < -0.39 is 6.04 Å². The number of rotatable bonds is 4. The number of pyridine rings is 1. The number of aromatic nitrogens is 1.